The maximum absolute atomic E-state index is 12.8. The summed E-state index contributed by atoms with van der Waals surface area (Å²) in [6.07, 6.45) is 3.37. The lowest BCUT2D eigenvalue weighted by molar-refractivity contribution is -0.116. The molecule has 0 aliphatic heterocycles. The van der Waals surface area contributed by atoms with Crippen molar-refractivity contribution in [2.45, 2.75) is 27.3 Å². The smallest absolute Gasteiger partial charge is 0.244 e. The lowest BCUT2D eigenvalue weighted by atomic mass is 9.96. The van der Waals surface area contributed by atoms with Gasteiger partial charge in [0, 0.05) is 34.7 Å². The van der Waals surface area contributed by atoms with Gasteiger partial charge in [-0.05, 0) is 67.8 Å². The zero-order chi connectivity index (χ0) is 25.7. The second-order valence-electron chi connectivity index (χ2n) is 8.46. The van der Waals surface area contributed by atoms with Crippen molar-refractivity contribution in [2.75, 3.05) is 20.8 Å². The van der Waals surface area contributed by atoms with Crippen LogP contribution in [0.5, 0.6) is 17.2 Å². The van der Waals surface area contributed by atoms with E-state index in [4.69, 9.17) is 18.6 Å². The van der Waals surface area contributed by atoms with Crippen LogP contribution in [0.25, 0.3) is 27.7 Å². The predicted octanol–water partition coefficient (Wildman–Crippen LogP) is 6.54. The van der Waals surface area contributed by atoms with Crippen molar-refractivity contribution in [3.8, 4) is 28.4 Å². The quantitative estimate of drug-likeness (QED) is 0.273. The Morgan fingerprint density at radius 1 is 1.00 bits per heavy atom. The van der Waals surface area contributed by atoms with Crippen LogP contribution in [0.1, 0.15) is 30.5 Å². The molecule has 1 aromatic heterocycles. The number of rotatable bonds is 9. The minimum Gasteiger partial charge on any atom is -0.497 e. The number of amides is 1. The largest absolute Gasteiger partial charge is 0.497 e. The van der Waals surface area contributed by atoms with E-state index in [0.717, 1.165) is 61.6 Å². The second kappa shape index (κ2) is 11.0. The molecule has 1 amide bonds. The molecule has 186 valence electrons. The first-order chi connectivity index (χ1) is 17.4. The van der Waals surface area contributed by atoms with E-state index in [-0.39, 0.29) is 5.91 Å². The molecule has 0 atom stereocenters. The number of aryl methyl sites for hydroxylation is 1. The van der Waals surface area contributed by atoms with E-state index in [1.165, 1.54) is 0 Å². The number of hydrogen-bond acceptors (Lipinski definition) is 5. The molecule has 0 spiro atoms. The SMILES string of the molecule is CCOc1c(/C(C)=C/C(=O)NCc2ccc(OC)cc2)cc2c(-c3ccc(OC)cc3)coc2c1C. The summed E-state index contributed by atoms with van der Waals surface area (Å²) < 4.78 is 22.5. The molecule has 0 aliphatic rings. The fourth-order valence-electron chi connectivity index (χ4n) is 4.19. The number of furan rings is 1. The summed E-state index contributed by atoms with van der Waals surface area (Å²) in [5.41, 5.74) is 6.31. The molecule has 0 fully saturated rings. The Bertz CT molecular complexity index is 1380. The van der Waals surface area contributed by atoms with E-state index in [2.05, 4.69) is 5.32 Å². The molecule has 0 saturated carbocycles. The number of benzene rings is 3. The van der Waals surface area contributed by atoms with Crippen LogP contribution in [0.3, 0.4) is 0 Å². The van der Waals surface area contributed by atoms with Crippen molar-refractivity contribution in [3.05, 3.63) is 83.6 Å². The summed E-state index contributed by atoms with van der Waals surface area (Å²) >= 11 is 0. The molecule has 1 N–H and O–H groups in total. The van der Waals surface area contributed by atoms with Crippen LogP contribution >= 0.6 is 0 Å². The lowest BCUT2D eigenvalue weighted by Gasteiger charge is -2.15. The average molecular weight is 486 g/mol. The molecule has 0 saturated heterocycles. The van der Waals surface area contributed by atoms with Crippen LogP contribution in [0.15, 0.2) is 71.4 Å². The van der Waals surface area contributed by atoms with E-state index >= 15 is 0 Å². The van der Waals surface area contributed by atoms with Gasteiger partial charge in [0.1, 0.15) is 22.8 Å². The maximum atomic E-state index is 12.8. The normalized spacial score (nSPS) is 11.4. The molecular formula is C30H31NO5. The highest BCUT2D eigenvalue weighted by Gasteiger charge is 2.19. The fourth-order valence-corrected chi connectivity index (χ4v) is 4.19. The predicted molar refractivity (Wildman–Crippen MR) is 143 cm³/mol. The van der Waals surface area contributed by atoms with Gasteiger partial charge >= 0.3 is 0 Å². The van der Waals surface area contributed by atoms with Crippen LogP contribution in [0, 0.1) is 6.92 Å². The van der Waals surface area contributed by atoms with Crippen LogP contribution in [-0.2, 0) is 11.3 Å². The van der Waals surface area contributed by atoms with Crippen LogP contribution in [-0.4, -0.2) is 26.7 Å². The number of nitrogens with one attached hydrogen (secondary N) is 1. The van der Waals surface area contributed by atoms with Gasteiger partial charge in [-0.25, -0.2) is 0 Å². The third kappa shape index (κ3) is 5.23. The number of carbonyl (C=O) groups is 1. The van der Waals surface area contributed by atoms with Crippen molar-refractivity contribution in [1.29, 1.82) is 0 Å². The van der Waals surface area contributed by atoms with Gasteiger partial charge < -0.3 is 23.9 Å². The van der Waals surface area contributed by atoms with Gasteiger partial charge in [0.05, 0.1) is 27.1 Å². The number of fused-ring (bicyclic) bond motifs is 1. The fraction of sp³-hybridized carbons (Fsp3) is 0.233. The summed E-state index contributed by atoms with van der Waals surface area (Å²) in [4.78, 5) is 12.8. The Kier molecular flexibility index (Phi) is 7.64. The molecule has 0 radical (unpaired) electrons. The van der Waals surface area contributed by atoms with Crippen molar-refractivity contribution >= 4 is 22.4 Å². The van der Waals surface area contributed by atoms with Gasteiger partial charge in [0.25, 0.3) is 0 Å². The number of carbonyl (C=O) groups excluding carboxylic acids is 1. The Morgan fingerprint density at radius 2 is 1.64 bits per heavy atom. The first-order valence-corrected chi connectivity index (χ1v) is 11.9. The maximum Gasteiger partial charge on any atom is 0.244 e. The van der Waals surface area contributed by atoms with E-state index in [1.807, 2.05) is 75.4 Å². The number of allylic oxidation sites excluding steroid dienone is 1. The van der Waals surface area contributed by atoms with E-state index in [9.17, 15) is 4.79 Å². The Balaban J connectivity index is 1.66. The third-order valence-electron chi connectivity index (χ3n) is 6.13. The molecule has 4 rings (SSSR count). The number of methoxy groups -OCH3 is 2. The second-order valence-corrected chi connectivity index (χ2v) is 8.46. The molecule has 0 bridgehead atoms. The minimum absolute atomic E-state index is 0.175. The van der Waals surface area contributed by atoms with Crippen molar-refractivity contribution < 1.29 is 23.4 Å². The van der Waals surface area contributed by atoms with Gasteiger partial charge in [-0.3, -0.25) is 4.79 Å². The van der Waals surface area contributed by atoms with Gasteiger partial charge in [-0.2, -0.15) is 0 Å². The summed E-state index contributed by atoms with van der Waals surface area (Å²) in [6.45, 7) is 6.77. The van der Waals surface area contributed by atoms with Gasteiger partial charge in [0.15, 0.2) is 0 Å². The Morgan fingerprint density at radius 3 is 2.25 bits per heavy atom. The van der Waals surface area contributed by atoms with Crippen molar-refractivity contribution in [1.82, 2.24) is 5.32 Å². The molecule has 4 aromatic rings. The standard InChI is InChI=1S/C30H31NO5/c1-6-35-29-20(3)30-26(27(18-36-30)22-9-13-24(34-5)14-10-22)16-25(29)19(2)15-28(32)31-17-21-7-11-23(33-4)12-8-21/h7-16,18H,6,17H2,1-5H3,(H,31,32)/b19-15+. The molecule has 1 heterocycles. The minimum atomic E-state index is -0.175. The van der Waals surface area contributed by atoms with Gasteiger partial charge in [-0.15, -0.1) is 0 Å². The lowest BCUT2D eigenvalue weighted by Crippen LogP contribution is -2.20. The van der Waals surface area contributed by atoms with Crippen LogP contribution < -0.4 is 19.5 Å². The summed E-state index contributed by atoms with van der Waals surface area (Å²) in [6, 6.07) is 17.5. The first kappa shape index (κ1) is 24.9. The van der Waals surface area contributed by atoms with Crippen molar-refractivity contribution in [3.63, 3.8) is 0 Å². The van der Waals surface area contributed by atoms with Crippen LogP contribution in [0.4, 0.5) is 0 Å². The third-order valence-corrected chi connectivity index (χ3v) is 6.13. The molecule has 0 unspecified atom stereocenters. The summed E-state index contributed by atoms with van der Waals surface area (Å²) in [5, 5.41) is 3.92. The molecular weight excluding hydrogens is 454 g/mol. The highest BCUT2D eigenvalue weighted by Crippen LogP contribution is 2.41. The molecule has 6 heteroatoms. The first-order valence-electron chi connectivity index (χ1n) is 11.9. The summed E-state index contributed by atoms with van der Waals surface area (Å²) in [5.74, 6) is 2.12. The number of hydrogen-bond donors (Lipinski definition) is 1. The Hall–Kier alpha value is -4.19. The number of ether oxygens (including phenoxy) is 3. The van der Waals surface area contributed by atoms with Gasteiger partial charge in [-0.1, -0.05) is 24.3 Å². The highest BCUT2D eigenvalue weighted by molar-refractivity contribution is 6.01. The highest BCUT2D eigenvalue weighted by atomic mass is 16.5. The zero-order valence-corrected chi connectivity index (χ0v) is 21.3. The topological polar surface area (TPSA) is 69.9 Å². The monoisotopic (exact) mass is 485 g/mol. The molecule has 36 heavy (non-hydrogen) atoms. The Labute approximate surface area is 211 Å². The van der Waals surface area contributed by atoms with Crippen LogP contribution in [0.2, 0.25) is 0 Å². The van der Waals surface area contributed by atoms with E-state index in [1.54, 1.807) is 26.6 Å². The molecule has 3 aromatic carbocycles. The van der Waals surface area contributed by atoms with E-state index in [0.29, 0.717) is 13.2 Å². The van der Waals surface area contributed by atoms with Gasteiger partial charge in [0.2, 0.25) is 5.91 Å². The molecule has 6 nitrogen and oxygen atoms in total. The average Bonchev–Trinajstić information content (AvgIpc) is 3.33. The summed E-state index contributed by atoms with van der Waals surface area (Å²) in [7, 11) is 3.28. The van der Waals surface area contributed by atoms with E-state index < -0.39 is 0 Å². The zero-order valence-electron chi connectivity index (χ0n) is 21.3. The molecule has 0 aliphatic carbocycles. The van der Waals surface area contributed by atoms with Crippen molar-refractivity contribution in [2.24, 2.45) is 0 Å².